The van der Waals surface area contributed by atoms with Gasteiger partial charge in [0.1, 0.15) is 10.9 Å². The maximum atomic E-state index is 11.9. The molecule has 1 aromatic heterocycles. The number of carbonyl (C=O) groups is 2. The molecule has 0 unspecified atom stereocenters. The van der Waals surface area contributed by atoms with Crippen molar-refractivity contribution < 1.29 is 19.1 Å². The number of hydrogen-bond acceptors (Lipinski definition) is 5. The van der Waals surface area contributed by atoms with E-state index in [4.69, 9.17) is 21.1 Å². The van der Waals surface area contributed by atoms with E-state index in [0.29, 0.717) is 35.4 Å². The third-order valence-corrected chi connectivity index (χ3v) is 4.41. The molecule has 0 spiro atoms. The van der Waals surface area contributed by atoms with E-state index in [2.05, 4.69) is 10.4 Å². The molecule has 1 N–H and O–H groups in total. The molecule has 0 atom stereocenters. The minimum absolute atomic E-state index is 0.322. The Morgan fingerprint density at radius 2 is 2.10 bits per heavy atom. The SMILES string of the molecule is COc1cccc(Cn2nc(C)c(/C=C/C(=O)OCC(=O)NCC(C)C)c2Cl)c1. The van der Waals surface area contributed by atoms with Crippen molar-refractivity contribution in [3.8, 4) is 5.75 Å². The number of hydrogen-bond donors (Lipinski definition) is 1. The van der Waals surface area contributed by atoms with Crippen LogP contribution in [0.1, 0.15) is 30.7 Å². The maximum Gasteiger partial charge on any atom is 0.331 e. The average molecular weight is 420 g/mol. The number of aromatic nitrogens is 2. The van der Waals surface area contributed by atoms with Crippen molar-refractivity contribution in [3.05, 3.63) is 52.3 Å². The Morgan fingerprint density at radius 3 is 2.79 bits per heavy atom. The van der Waals surface area contributed by atoms with E-state index in [1.54, 1.807) is 24.8 Å². The topological polar surface area (TPSA) is 82.5 Å². The number of amides is 1. The third kappa shape index (κ3) is 6.94. The summed E-state index contributed by atoms with van der Waals surface area (Å²) in [6, 6.07) is 7.62. The van der Waals surface area contributed by atoms with Crippen molar-refractivity contribution in [2.24, 2.45) is 5.92 Å². The molecule has 8 heteroatoms. The highest BCUT2D eigenvalue weighted by atomic mass is 35.5. The van der Waals surface area contributed by atoms with Crippen molar-refractivity contribution in [1.29, 1.82) is 0 Å². The second-order valence-electron chi connectivity index (χ2n) is 6.94. The van der Waals surface area contributed by atoms with Gasteiger partial charge >= 0.3 is 5.97 Å². The van der Waals surface area contributed by atoms with Crippen LogP contribution >= 0.6 is 11.6 Å². The number of esters is 1. The van der Waals surface area contributed by atoms with Crippen molar-refractivity contribution in [1.82, 2.24) is 15.1 Å². The fourth-order valence-electron chi connectivity index (χ4n) is 2.51. The van der Waals surface area contributed by atoms with Crippen LogP contribution in [0.3, 0.4) is 0 Å². The van der Waals surface area contributed by atoms with Crippen LogP contribution in [0.4, 0.5) is 0 Å². The van der Waals surface area contributed by atoms with Gasteiger partial charge in [0.05, 0.1) is 19.3 Å². The summed E-state index contributed by atoms with van der Waals surface area (Å²) >= 11 is 6.44. The Hall–Kier alpha value is -2.80. The number of rotatable bonds is 9. The highest BCUT2D eigenvalue weighted by Gasteiger charge is 2.13. The molecular weight excluding hydrogens is 394 g/mol. The first-order chi connectivity index (χ1) is 13.8. The number of ether oxygens (including phenoxy) is 2. The Labute approximate surface area is 175 Å². The maximum absolute atomic E-state index is 11.9. The fraction of sp³-hybridized carbons (Fsp3) is 0.381. The molecule has 0 aliphatic carbocycles. The number of benzene rings is 1. The molecule has 7 nitrogen and oxygen atoms in total. The van der Waals surface area contributed by atoms with Gasteiger partial charge < -0.3 is 14.8 Å². The standard InChI is InChI=1S/C21H26ClN3O4/c1-14(2)11-23-19(26)13-29-20(27)9-8-18-15(3)24-25(21(18)22)12-16-6-5-7-17(10-16)28-4/h5-10,14H,11-13H2,1-4H3,(H,23,26)/b9-8+. The number of nitrogens with zero attached hydrogens (tertiary/aromatic N) is 2. The van der Waals surface area contributed by atoms with E-state index in [1.165, 1.54) is 6.08 Å². The molecule has 0 bridgehead atoms. The lowest BCUT2D eigenvalue weighted by Gasteiger charge is -2.07. The zero-order valence-corrected chi connectivity index (χ0v) is 17.8. The summed E-state index contributed by atoms with van der Waals surface area (Å²) in [5, 5.41) is 7.52. The van der Waals surface area contributed by atoms with Gasteiger partial charge in [0, 0.05) is 18.2 Å². The predicted molar refractivity (Wildman–Crippen MR) is 112 cm³/mol. The van der Waals surface area contributed by atoms with E-state index < -0.39 is 5.97 Å². The minimum Gasteiger partial charge on any atom is -0.497 e. The summed E-state index contributed by atoms with van der Waals surface area (Å²) in [6.07, 6.45) is 2.78. The first-order valence-corrected chi connectivity index (χ1v) is 9.65. The van der Waals surface area contributed by atoms with E-state index in [1.807, 2.05) is 38.1 Å². The minimum atomic E-state index is -0.624. The van der Waals surface area contributed by atoms with Crippen molar-refractivity contribution in [2.45, 2.75) is 27.3 Å². The third-order valence-electron chi connectivity index (χ3n) is 4.01. The molecule has 0 aliphatic rings. The lowest BCUT2D eigenvalue weighted by atomic mass is 10.2. The van der Waals surface area contributed by atoms with Gasteiger partial charge in [-0.2, -0.15) is 5.10 Å². The van der Waals surface area contributed by atoms with Crippen LogP contribution in [0.5, 0.6) is 5.75 Å². The summed E-state index contributed by atoms with van der Waals surface area (Å²) in [5.74, 6) is 0.123. The van der Waals surface area contributed by atoms with Gasteiger partial charge in [-0.3, -0.25) is 4.79 Å². The first-order valence-electron chi connectivity index (χ1n) is 9.27. The van der Waals surface area contributed by atoms with Crippen LogP contribution in [-0.2, 0) is 20.9 Å². The average Bonchev–Trinajstić information content (AvgIpc) is 2.95. The highest BCUT2D eigenvalue weighted by Crippen LogP contribution is 2.23. The Balaban J connectivity index is 1.98. The zero-order valence-electron chi connectivity index (χ0n) is 17.1. The molecule has 1 amide bonds. The van der Waals surface area contributed by atoms with Crippen LogP contribution in [0.15, 0.2) is 30.3 Å². The smallest absolute Gasteiger partial charge is 0.331 e. The van der Waals surface area contributed by atoms with Crippen LogP contribution < -0.4 is 10.1 Å². The highest BCUT2D eigenvalue weighted by molar-refractivity contribution is 6.31. The van der Waals surface area contributed by atoms with Crippen LogP contribution in [0, 0.1) is 12.8 Å². The zero-order chi connectivity index (χ0) is 21.4. The molecule has 0 saturated heterocycles. The molecule has 156 valence electrons. The molecule has 1 heterocycles. The molecule has 0 saturated carbocycles. The van der Waals surface area contributed by atoms with E-state index in [9.17, 15) is 9.59 Å². The second-order valence-corrected chi connectivity index (χ2v) is 7.30. The quantitative estimate of drug-likeness (QED) is 0.498. The molecule has 2 rings (SSSR count). The lowest BCUT2D eigenvalue weighted by molar-refractivity contribution is -0.143. The summed E-state index contributed by atoms with van der Waals surface area (Å²) in [5.41, 5.74) is 2.28. The fourth-order valence-corrected chi connectivity index (χ4v) is 2.81. The van der Waals surface area contributed by atoms with Crippen molar-refractivity contribution >= 4 is 29.6 Å². The monoisotopic (exact) mass is 419 g/mol. The molecule has 0 aliphatic heterocycles. The predicted octanol–water partition coefficient (Wildman–Crippen LogP) is 3.23. The molecule has 0 fully saturated rings. The van der Waals surface area contributed by atoms with E-state index in [-0.39, 0.29) is 12.5 Å². The number of aryl methyl sites for hydroxylation is 1. The van der Waals surface area contributed by atoms with Gasteiger partial charge in [-0.05, 0) is 36.6 Å². The van der Waals surface area contributed by atoms with Gasteiger partial charge in [0.25, 0.3) is 5.91 Å². The largest absolute Gasteiger partial charge is 0.497 e. The van der Waals surface area contributed by atoms with Crippen LogP contribution in [0.25, 0.3) is 6.08 Å². The molecule has 0 radical (unpaired) electrons. The number of halogens is 1. The van der Waals surface area contributed by atoms with E-state index in [0.717, 1.165) is 11.3 Å². The Kier molecular flexibility index (Phi) is 8.27. The van der Waals surface area contributed by atoms with Gasteiger partial charge in [-0.1, -0.05) is 37.6 Å². The lowest BCUT2D eigenvalue weighted by Crippen LogP contribution is -2.31. The van der Waals surface area contributed by atoms with Gasteiger partial charge in [0.2, 0.25) is 0 Å². The van der Waals surface area contributed by atoms with Gasteiger partial charge in [-0.25, -0.2) is 9.48 Å². The number of methoxy groups -OCH3 is 1. The van der Waals surface area contributed by atoms with Crippen molar-refractivity contribution in [2.75, 3.05) is 20.3 Å². The van der Waals surface area contributed by atoms with Gasteiger partial charge in [-0.15, -0.1) is 0 Å². The molecule has 1 aromatic carbocycles. The summed E-state index contributed by atoms with van der Waals surface area (Å²) in [7, 11) is 1.61. The molecule has 29 heavy (non-hydrogen) atoms. The van der Waals surface area contributed by atoms with Crippen LogP contribution in [0.2, 0.25) is 5.15 Å². The Bertz CT molecular complexity index is 890. The molecular formula is C21H26ClN3O4. The molecule has 2 aromatic rings. The normalized spacial score (nSPS) is 11.1. The van der Waals surface area contributed by atoms with Gasteiger partial charge in [0.15, 0.2) is 6.61 Å². The first kappa shape index (κ1) is 22.5. The number of nitrogens with one attached hydrogen (secondary N) is 1. The summed E-state index contributed by atoms with van der Waals surface area (Å²) < 4.78 is 11.8. The Morgan fingerprint density at radius 1 is 1.34 bits per heavy atom. The van der Waals surface area contributed by atoms with Crippen LogP contribution in [-0.4, -0.2) is 41.9 Å². The summed E-state index contributed by atoms with van der Waals surface area (Å²) in [6.45, 7) is 6.44. The number of carbonyl (C=O) groups excluding carboxylic acids is 2. The van der Waals surface area contributed by atoms with E-state index >= 15 is 0 Å². The second kappa shape index (κ2) is 10.7. The van der Waals surface area contributed by atoms with Crippen molar-refractivity contribution in [3.63, 3.8) is 0 Å². The summed E-state index contributed by atoms with van der Waals surface area (Å²) in [4.78, 5) is 23.5.